The summed E-state index contributed by atoms with van der Waals surface area (Å²) in [5, 5.41) is 14.7. The molecule has 4 aromatic carbocycles. The summed E-state index contributed by atoms with van der Waals surface area (Å²) in [5.41, 5.74) is 1.42. The number of rotatable bonds is 6. The molecule has 212 valence electrons. The number of non-ortho nitro benzene ring substituents is 1. The first-order valence-corrected chi connectivity index (χ1v) is 13.8. The molecule has 43 heavy (non-hydrogen) atoms. The third-order valence-corrected chi connectivity index (χ3v) is 8.82. The highest BCUT2D eigenvalue weighted by atomic mass is 16.6. The first kappa shape index (κ1) is 26.3. The topological polar surface area (TPSA) is 119 Å². The van der Waals surface area contributed by atoms with Crippen LogP contribution < -0.4 is 10.1 Å². The predicted molar refractivity (Wildman–Crippen MR) is 159 cm³/mol. The van der Waals surface area contributed by atoms with Gasteiger partial charge in [0.05, 0.1) is 24.0 Å². The molecule has 0 radical (unpaired) electrons. The monoisotopic (exact) mass is 571 g/mol. The van der Waals surface area contributed by atoms with E-state index in [4.69, 9.17) is 4.74 Å². The summed E-state index contributed by atoms with van der Waals surface area (Å²) in [6, 6.07) is 25.1. The van der Waals surface area contributed by atoms with Gasteiger partial charge in [0.15, 0.2) is 11.6 Å². The molecule has 1 spiro atoms. The van der Waals surface area contributed by atoms with Gasteiger partial charge in [-0.2, -0.15) is 0 Å². The van der Waals surface area contributed by atoms with Crippen LogP contribution in [0, 0.1) is 16.0 Å². The highest BCUT2D eigenvalue weighted by Crippen LogP contribution is 2.62. The molecule has 4 aromatic rings. The Bertz CT molecular complexity index is 1880. The molecule has 3 aliphatic heterocycles. The lowest BCUT2D eigenvalue weighted by molar-refractivity contribution is -0.384. The minimum absolute atomic E-state index is 0.0521. The van der Waals surface area contributed by atoms with Crippen LogP contribution in [-0.4, -0.2) is 40.4 Å². The number of hydrogen-bond donors (Lipinski definition) is 1. The Morgan fingerprint density at radius 3 is 2.42 bits per heavy atom. The summed E-state index contributed by atoms with van der Waals surface area (Å²) in [5.74, 6) is -2.07. The number of methoxy groups -OCH3 is 1. The number of anilines is 1. The number of para-hydroxylation sites is 1. The summed E-state index contributed by atoms with van der Waals surface area (Å²) >= 11 is 0. The van der Waals surface area contributed by atoms with Crippen LogP contribution in [0.2, 0.25) is 0 Å². The summed E-state index contributed by atoms with van der Waals surface area (Å²) in [6.07, 6.45) is 3.66. The van der Waals surface area contributed by atoms with Crippen LogP contribution >= 0.6 is 0 Å². The molecule has 0 aromatic heterocycles. The summed E-state index contributed by atoms with van der Waals surface area (Å²) in [4.78, 5) is 56.9. The van der Waals surface area contributed by atoms with Crippen molar-refractivity contribution in [1.82, 2.24) is 4.90 Å². The average Bonchev–Trinajstić information content (AvgIpc) is 3.52. The minimum atomic E-state index is -1.53. The molecule has 0 aliphatic carbocycles. The van der Waals surface area contributed by atoms with Gasteiger partial charge in [0, 0.05) is 35.1 Å². The molecule has 1 amide bonds. The number of carbonyl (C=O) groups excluding carboxylic acids is 3. The van der Waals surface area contributed by atoms with Crippen LogP contribution in [-0.2, 0) is 10.2 Å². The zero-order valence-corrected chi connectivity index (χ0v) is 23.0. The molecular weight excluding hydrogens is 546 g/mol. The number of nitrogens with one attached hydrogen (secondary N) is 1. The van der Waals surface area contributed by atoms with Crippen LogP contribution in [0.4, 0.5) is 11.4 Å². The van der Waals surface area contributed by atoms with E-state index in [2.05, 4.69) is 5.32 Å². The van der Waals surface area contributed by atoms with Crippen molar-refractivity contribution < 1.29 is 24.0 Å². The van der Waals surface area contributed by atoms with Gasteiger partial charge >= 0.3 is 0 Å². The number of benzene rings is 4. The second-order valence-corrected chi connectivity index (χ2v) is 10.9. The number of nitro benzene ring substituents is 1. The van der Waals surface area contributed by atoms with Crippen LogP contribution in [0.15, 0.2) is 103 Å². The van der Waals surface area contributed by atoms with E-state index in [1.54, 1.807) is 42.6 Å². The molecule has 9 nitrogen and oxygen atoms in total. The first-order chi connectivity index (χ1) is 20.9. The largest absolute Gasteiger partial charge is 0.497 e. The maximum atomic E-state index is 14.8. The highest BCUT2D eigenvalue weighted by Gasteiger charge is 2.70. The van der Waals surface area contributed by atoms with Gasteiger partial charge < -0.3 is 15.0 Å². The van der Waals surface area contributed by atoms with Gasteiger partial charge in [-0.1, -0.05) is 66.7 Å². The van der Waals surface area contributed by atoms with Crippen molar-refractivity contribution in [1.29, 1.82) is 0 Å². The predicted octanol–water partition coefficient (Wildman–Crippen LogP) is 5.59. The van der Waals surface area contributed by atoms with Gasteiger partial charge in [0.25, 0.3) is 5.69 Å². The molecule has 0 unspecified atom stereocenters. The number of carbonyl (C=O) groups is 3. The van der Waals surface area contributed by atoms with E-state index in [1.165, 1.54) is 31.4 Å². The Morgan fingerprint density at radius 2 is 1.63 bits per heavy atom. The summed E-state index contributed by atoms with van der Waals surface area (Å²) in [7, 11) is 1.50. The molecule has 0 saturated carbocycles. The lowest BCUT2D eigenvalue weighted by Crippen LogP contribution is -2.49. The maximum Gasteiger partial charge on any atom is 0.270 e. The van der Waals surface area contributed by atoms with Crippen molar-refractivity contribution in [2.45, 2.75) is 17.5 Å². The Kier molecular flexibility index (Phi) is 5.98. The summed E-state index contributed by atoms with van der Waals surface area (Å²) in [6.45, 7) is 0. The SMILES string of the molecule is COc1cccc(C(=O)[C@H]2[C@@H](C(=O)c3cccc([N+](=O)[O-])c3)[C@]3(C(=O)Nc4ccccc43)[C@H]3c4ccccc4C=CN23)c1. The fraction of sp³-hybridized carbons (Fsp3) is 0.147. The average molecular weight is 572 g/mol. The van der Waals surface area contributed by atoms with Gasteiger partial charge in [0.1, 0.15) is 17.2 Å². The Balaban J connectivity index is 1.53. The smallest absolute Gasteiger partial charge is 0.270 e. The molecule has 4 atom stereocenters. The van der Waals surface area contributed by atoms with Crippen molar-refractivity contribution in [3.05, 3.63) is 141 Å². The number of Topliss-reactive ketones (excluding diaryl/α,β-unsaturated/α-hetero) is 2. The molecule has 3 aliphatic rings. The number of amides is 1. The third kappa shape index (κ3) is 3.74. The van der Waals surface area contributed by atoms with Gasteiger partial charge in [-0.3, -0.25) is 24.5 Å². The lowest BCUT2D eigenvalue weighted by Gasteiger charge is -2.38. The Morgan fingerprint density at radius 1 is 0.907 bits per heavy atom. The number of fused-ring (bicyclic) bond motifs is 6. The van der Waals surface area contributed by atoms with E-state index < -0.39 is 40.0 Å². The molecule has 7 rings (SSSR count). The van der Waals surface area contributed by atoms with Gasteiger partial charge in [-0.15, -0.1) is 0 Å². The summed E-state index contributed by atoms with van der Waals surface area (Å²) < 4.78 is 5.38. The number of nitro groups is 1. The molecular formula is C34H25N3O6. The highest BCUT2D eigenvalue weighted by molar-refractivity contribution is 6.16. The molecule has 0 bridgehead atoms. The van der Waals surface area contributed by atoms with Crippen molar-refractivity contribution in [3.8, 4) is 5.75 Å². The standard InChI is InChI=1S/C34H25N3O6/c1-43-24-12-7-10-22(19-24)31(39)29-28(30(38)21-9-6-11-23(18-21)37(41)42)34(26-14-4-5-15-27(26)35-33(34)40)32-25-13-3-2-8-20(25)16-17-36(29)32/h2-19,28-29,32H,1H3,(H,35,40)/t28-,29+,32+,34-/m0/s1. The zero-order chi connectivity index (χ0) is 29.9. The van der Waals surface area contributed by atoms with Crippen LogP contribution in [0.3, 0.4) is 0 Å². The molecule has 1 saturated heterocycles. The van der Waals surface area contributed by atoms with E-state index in [-0.39, 0.29) is 17.0 Å². The van der Waals surface area contributed by atoms with Gasteiger partial charge in [-0.05, 0) is 41.0 Å². The molecule has 1 N–H and O–H groups in total. The van der Waals surface area contributed by atoms with E-state index in [0.29, 0.717) is 22.6 Å². The quantitative estimate of drug-likeness (QED) is 0.182. The van der Waals surface area contributed by atoms with Crippen molar-refractivity contribution in [2.75, 3.05) is 12.4 Å². The second kappa shape index (κ2) is 9.77. The van der Waals surface area contributed by atoms with Crippen LogP contribution in [0.5, 0.6) is 5.75 Å². The fourth-order valence-corrected chi connectivity index (χ4v) is 7.07. The van der Waals surface area contributed by atoms with E-state index in [9.17, 15) is 24.5 Å². The second-order valence-electron chi connectivity index (χ2n) is 10.9. The maximum absolute atomic E-state index is 14.8. The Labute approximate surface area is 246 Å². The molecule has 3 heterocycles. The molecule has 9 heteroatoms. The van der Waals surface area contributed by atoms with Crippen LogP contribution in [0.25, 0.3) is 6.08 Å². The lowest BCUT2D eigenvalue weighted by atomic mass is 9.62. The van der Waals surface area contributed by atoms with Crippen molar-refractivity contribution in [2.24, 2.45) is 5.92 Å². The number of ether oxygens (including phenoxy) is 1. The number of hydrogen-bond acceptors (Lipinski definition) is 7. The van der Waals surface area contributed by atoms with Gasteiger partial charge in [-0.25, -0.2) is 0 Å². The van der Waals surface area contributed by atoms with E-state index in [1.807, 2.05) is 47.4 Å². The number of ketones is 2. The van der Waals surface area contributed by atoms with E-state index in [0.717, 1.165) is 11.1 Å². The minimum Gasteiger partial charge on any atom is -0.497 e. The fourth-order valence-electron chi connectivity index (χ4n) is 7.07. The van der Waals surface area contributed by atoms with Crippen LogP contribution in [0.1, 0.15) is 43.4 Å². The van der Waals surface area contributed by atoms with E-state index >= 15 is 0 Å². The third-order valence-electron chi connectivity index (χ3n) is 8.82. The van der Waals surface area contributed by atoms with Crippen molar-refractivity contribution >= 4 is 34.9 Å². The van der Waals surface area contributed by atoms with Crippen molar-refractivity contribution in [3.63, 3.8) is 0 Å². The normalized spacial score (nSPS) is 22.9. The zero-order valence-electron chi connectivity index (χ0n) is 23.0. The molecule has 1 fully saturated rings. The van der Waals surface area contributed by atoms with Gasteiger partial charge in [0.2, 0.25) is 5.91 Å². The Hall–Kier alpha value is -5.57. The first-order valence-electron chi connectivity index (χ1n) is 13.8. The number of nitrogens with zero attached hydrogens (tertiary/aromatic N) is 2.